The molecule has 0 bridgehead atoms. The molecule has 2 rings (SSSR count). The highest BCUT2D eigenvalue weighted by atomic mass is 79.9. The maximum Gasteiger partial charge on any atom is 0.0655 e. The van der Waals surface area contributed by atoms with Gasteiger partial charge in [-0.15, -0.1) is 0 Å². The van der Waals surface area contributed by atoms with Gasteiger partial charge in [-0.1, -0.05) is 28.1 Å². The standard InChI is InChI=1S/C15H19BrN2/c16-14-3-1-2-12(10-14)8-9-18-15-6-4-13(11-17)5-7-15/h1-3,10,13,15,18H,4-9H2. The van der Waals surface area contributed by atoms with Gasteiger partial charge >= 0.3 is 0 Å². The molecule has 0 atom stereocenters. The molecule has 1 fully saturated rings. The van der Waals surface area contributed by atoms with Crippen LogP contribution < -0.4 is 5.32 Å². The van der Waals surface area contributed by atoms with Gasteiger partial charge in [0.1, 0.15) is 0 Å². The lowest BCUT2D eigenvalue weighted by molar-refractivity contribution is 0.334. The van der Waals surface area contributed by atoms with Crippen LogP contribution in [-0.4, -0.2) is 12.6 Å². The molecule has 96 valence electrons. The summed E-state index contributed by atoms with van der Waals surface area (Å²) in [6, 6.07) is 11.5. The van der Waals surface area contributed by atoms with Gasteiger partial charge in [0, 0.05) is 16.4 Å². The van der Waals surface area contributed by atoms with E-state index in [1.165, 1.54) is 5.56 Å². The summed E-state index contributed by atoms with van der Waals surface area (Å²) in [4.78, 5) is 0. The molecule has 0 aromatic heterocycles. The minimum Gasteiger partial charge on any atom is -0.314 e. The molecule has 0 radical (unpaired) electrons. The molecule has 0 aliphatic heterocycles. The molecule has 0 heterocycles. The first kappa shape index (κ1) is 13.6. The number of hydrogen-bond donors (Lipinski definition) is 1. The normalized spacial score (nSPS) is 23.6. The van der Waals surface area contributed by atoms with Gasteiger partial charge in [-0.05, 0) is 56.3 Å². The van der Waals surface area contributed by atoms with Gasteiger partial charge in [0.2, 0.25) is 0 Å². The molecule has 0 saturated heterocycles. The van der Waals surface area contributed by atoms with Gasteiger partial charge in [-0.2, -0.15) is 5.26 Å². The van der Waals surface area contributed by atoms with Crippen molar-refractivity contribution < 1.29 is 0 Å². The van der Waals surface area contributed by atoms with E-state index in [1.54, 1.807) is 0 Å². The highest BCUT2D eigenvalue weighted by molar-refractivity contribution is 9.10. The average molecular weight is 307 g/mol. The number of hydrogen-bond acceptors (Lipinski definition) is 2. The molecule has 0 unspecified atom stereocenters. The van der Waals surface area contributed by atoms with E-state index in [2.05, 4.69) is 51.6 Å². The topological polar surface area (TPSA) is 35.8 Å². The first-order valence-corrected chi connectivity index (χ1v) is 7.44. The van der Waals surface area contributed by atoms with Gasteiger partial charge in [0.15, 0.2) is 0 Å². The predicted molar refractivity (Wildman–Crippen MR) is 77.2 cm³/mol. The second-order valence-corrected chi connectivity index (χ2v) is 5.93. The van der Waals surface area contributed by atoms with Gasteiger partial charge in [-0.3, -0.25) is 0 Å². The molecule has 2 nitrogen and oxygen atoms in total. The van der Waals surface area contributed by atoms with Crippen molar-refractivity contribution in [3.05, 3.63) is 34.3 Å². The van der Waals surface area contributed by atoms with Crippen molar-refractivity contribution in [2.75, 3.05) is 6.54 Å². The lowest BCUT2D eigenvalue weighted by Crippen LogP contribution is -2.34. The second-order valence-electron chi connectivity index (χ2n) is 5.01. The Kier molecular flexibility index (Phi) is 5.22. The summed E-state index contributed by atoms with van der Waals surface area (Å²) >= 11 is 3.49. The van der Waals surface area contributed by atoms with Crippen molar-refractivity contribution in [1.82, 2.24) is 5.32 Å². The fourth-order valence-corrected chi connectivity index (χ4v) is 2.99. The first-order chi connectivity index (χ1) is 8.78. The fourth-order valence-electron chi connectivity index (χ4n) is 2.54. The third-order valence-corrected chi connectivity index (χ3v) is 4.14. The first-order valence-electron chi connectivity index (χ1n) is 6.65. The molecular formula is C15H19BrN2. The number of nitrogens with zero attached hydrogens (tertiary/aromatic N) is 1. The van der Waals surface area contributed by atoms with E-state index in [1.807, 2.05) is 0 Å². The molecule has 3 heteroatoms. The average Bonchev–Trinajstić information content (AvgIpc) is 2.40. The van der Waals surface area contributed by atoms with Crippen LogP contribution >= 0.6 is 15.9 Å². The molecule has 1 aliphatic rings. The quantitative estimate of drug-likeness (QED) is 0.921. The van der Waals surface area contributed by atoms with Crippen LogP contribution in [0.5, 0.6) is 0 Å². The van der Waals surface area contributed by atoms with Crippen molar-refractivity contribution in [2.45, 2.75) is 38.1 Å². The van der Waals surface area contributed by atoms with Crippen LogP contribution in [0.4, 0.5) is 0 Å². The monoisotopic (exact) mass is 306 g/mol. The molecule has 0 spiro atoms. The summed E-state index contributed by atoms with van der Waals surface area (Å²) in [6.45, 7) is 1.03. The van der Waals surface area contributed by atoms with Crippen LogP contribution in [0.25, 0.3) is 0 Å². The summed E-state index contributed by atoms with van der Waals surface area (Å²) in [5.41, 5.74) is 1.36. The number of nitriles is 1. The van der Waals surface area contributed by atoms with Crippen molar-refractivity contribution in [3.8, 4) is 6.07 Å². The Labute approximate surface area is 118 Å². The Hall–Kier alpha value is -0.850. The Morgan fingerprint density at radius 1 is 1.28 bits per heavy atom. The number of halogens is 1. The molecule has 1 aromatic rings. The fraction of sp³-hybridized carbons (Fsp3) is 0.533. The minimum absolute atomic E-state index is 0.299. The summed E-state index contributed by atoms with van der Waals surface area (Å²) in [5.74, 6) is 0.299. The zero-order valence-corrected chi connectivity index (χ0v) is 12.1. The molecule has 18 heavy (non-hydrogen) atoms. The Morgan fingerprint density at radius 2 is 2.06 bits per heavy atom. The summed E-state index contributed by atoms with van der Waals surface area (Å²) in [7, 11) is 0. The van der Waals surface area contributed by atoms with Crippen molar-refractivity contribution in [3.63, 3.8) is 0 Å². The van der Waals surface area contributed by atoms with Crippen LogP contribution in [0.2, 0.25) is 0 Å². The van der Waals surface area contributed by atoms with Gasteiger partial charge in [-0.25, -0.2) is 0 Å². The van der Waals surface area contributed by atoms with Crippen LogP contribution in [0.1, 0.15) is 31.2 Å². The zero-order chi connectivity index (χ0) is 12.8. The van der Waals surface area contributed by atoms with Gasteiger partial charge in [0.25, 0.3) is 0 Å². The van der Waals surface area contributed by atoms with Crippen molar-refractivity contribution in [1.29, 1.82) is 5.26 Å². The molecular weight excluding hydrogens is 288 g/mol. The minimum atomic E-state index is 0.299. The Bertz CT molecular complexity index is 417. The van der Waals surface area contributed by atoms with E-state index in [0.717, 1.165) is 43.1 Å². The van der Waals surface area contributed by atoms with Crippen molar-refractivity contribution in [2.24, 2.45) is 5.92 Å². The number of nitrogens with one attached hydrogen (secondary N) is 1. The smallest absolute Gasteiger partial charge is 0.0655 e. The number of benzene rings is 1. The highest BCUT2D eigenvalue weighted by Crippen LogP contribution is 2.23. The largest absolute Gasteiger partial charge is 0.314 e. The van der Waals surface area contributed by atoms with Crippen molar-refractivity contribution >= 4 is 15.9 Å². The molecule has 1 aromatic carbocycles. The summed E-state index contributed by atoms with van der Waals surface area (Å²) in [6.07, 6.45) is 5.49. The third-order valence-electron chi connectivity index (χ3n) is 3.65. The van der Waals surface area contributed by atoms with E-state index >= 15 is 0 Å². The summed E-state index contributed by atoms with van der Waals surface area (Å²) in [5, 5.41) is 12.5. The van der Waals surface area contributed by atoms with E-state index in [-0.39, 0.29) is 0 Å². The van der Waals surface area contributed by atoms with Crippen LogP contribution in [0.3, 0.4) is 0 Å². The van der Waals surface area contributed by atoms with E-state index in [4.69, 9.17) is 5.26 Å². The predicted octanol–water partition coefficient (Wildman–Crippen LogP) is 3.66. The molecule has 1 aliphatic carbocycles. The zero-order valence-electron chi connectivity index (χ0n) is 10.5. The Morgan fingerprint density at radius 3 is 2.72 bits per heavy atom. The van der Waals surface area contributed by atoms with E-state index in [9.17, 15) is 0 Å². The molecule has 1 N–H and O–H groups in total. The van der Waals surface area contributed by atoms with E-state index in [0.29, 0.717) is 12.0 Å². The lowest BCUT2D eigenvalue weighted by atomic mass is 9.87. The Balaban J connectivity index is 1.69. The third kappa shape index (κ3) is 4.12. The lowest BCUT2D eigenvalue weighted by Gasteiger charge is -2.25. The highest BCUT2D eigenvalue weighted by Gasteiger charge is 2.19. The maximum atomic E-state index is 8.85. The maximum absolute atomic E-state index is 8.85. The van der Waals surface area contributed by atoms with Gasteiger partial charge in [0.05, 0.1) is 6.07 Å². The number of rotatable bonds is 4. The second kappa shape index (κ2) is 6.92. The van der Waals surface area contributed by atoms with Gasteiger partial charge < -0.3 is 5.32 Å². The molecule has 0 amide bonds. The van der Waals surface area contributed by atoms with Crippen LogP contribution in [-0.2, 0) is 6.42 Å². The summed E-state index contributed by atoms with van der Waals surface area (Å²) < 4.78 is 1.15. The van der Waals surface area contributed by atoms with Crippen LogP contribution in [0.15, 0.2) is 28.7 Å². The molecule has 1 saturated carbocycles. The SMILES string of the molecule is N#CC1CCC(NCCc2cccc(Br)c2)CC1. The van der Waals surface area contributed by atoms with Crippen LogP contribution in [0, 0.1) is 17.2 Å². The van der Waals surface area contributed by atoms with E-state index < -0.39 is 0 Å².